The van der Waals surface area contributed by atoms with E-state index >= 15 is 0 Å². The Morgan fingerprint density at radius 2 is 1.89 bits per heavy atom. The average Bonchev–Trinajstić information content (AvgIpc) is 2.94. The number of non-ortho nitro benzene ring substituents is 1. The lowest BCUT2D eigenvalue weighted by Gasteiger charge is -2.09. The van der Waals surface area contributed by atoms with E-state index in [2.05, 4.69) is 22.8 Å². The molecule has 0 spiro atoms. The fraction of sp³-hybridized carbons (Fsp3) is 0.136. The van der Waals surface area contributed by atoms with Crippen molar-refractivity contribution >= 4 is 17.3 Å². The second-order valence-electron chi connectivity index (χ2n) is 6.38. The predicted octanol–water partition coefficient (Wildman–Crippen LogP) is 5.13. The summed E-state index contributed by atoms with van der Waals surface area (Å²) in [5.41, 5.74) is 5.20. The number of nitriles is 1. The summed E-state index contributed by atoms with van der Waals surface area (Å²) in [6.45, 7) is 4.81. The zero-order valence-electron chi connectivity index (χ0n) is 15.2. The summed E-state index contributed by atoms with van der Waals surface area (Å²) in [5.74, 6) is 0. The number of hydrogen-bond donors (Lipinski definition) is 0. The lowest BCUT2D eigenvalue weighted by molar-refractivity contribution is -0.384. The molecular weight excluding hydrogens is 338 g/mol. The maximum atomic E-state index is 11.0. The highest BCUT2D eigenvalue weighted by atomic mass is 16.6. The van der Waals surface area contributed by atoms with Gasteiger partial charge in [-0.05, 0) is 42.7 Å². The number of benzene rings is 2. The number of aromatic nitrogens is 1. The molecule has 0 atom stereocenters. The maximum Gasteiger partial charge on any atom is 0.270 e. The van der Waals surface area contributed by atoms with Crippen LogP contribution in [0.1, 0.15) is 28.1 Å². The molecule has 0 radical (unpaired) electrons. The van der Waals surface area contributed by atoms with Crippen molar-refractivity contribution in [2.45, 2.75) is 20.4 Å². The van der Waals surface area contributed by atoms with Gasteiger partial charge in [-0.15, -0.1) is 0 Å². The molecule has 0 fully saturated rings. The van der Waals surface area contributed by atoms with Gasteiger partial charge >= 0.3 is 0 Å². The van der Waals surface area contributed by atoms with E-state index in [-0.39, 0.29) is 5.69 Å². The lowest BCUT2D eigenvalue weighted by Crippen LogP contribution is -2.03. The number of nitrogens with zero attached hydrogens (tertiary/aromatic N) is 3. The summed E-state index contributed by atoms with van der Waals surface area (Å²) in [6, 6.07) is 20.5. The number of nitro benzene ring substituents is 1. The van der Waals surface area contributed by atoms with Gasteiger partial charge in [0.1, 0.15) is 0 Å². The molecule has 0 aliphatic rings. The SMILES string of the molecule is Cc1cc(C=C(C#N)c2cccc([N+](=O)[O-])c2)c(C)n1Cc1ccccc1. The largest absolute Gasteiger partial charge is 0.344 e. The van der Waals surface area contributed by atoms with Crippen LogP contribution in [0.2, 0.25) is 0 Å². The normalized spacial score (nSPS) is 11.2. The van der Waals surface area contributed by atoms with Crippen molar-refractivity contribution in [2.24, 2.45) is 0 Å². The standard InChI is InChI=1S/C22H19N3O2/c1-16-11-20(17(2)24(16)15-18-7-4-3-5-8-18)12-21(14-23)19-9-6-10-22(13-19)25(26)27/h3-13H,15H2,1-2H3. The lowest BCUT2D eigenvalue weighted by atomic mass is 10.0. The molecule has 5 heteroatoms. The van der Waals surface area contributed by atoms with E-state index in [4.69, 9.17) is 0 Å². The Bertz CT molecular complexity index is 1060. The van der Waals surface area contributed by atoms with Gasteiger partial charge in [0.25, 0.3) is 5.69 Å². The van der Waals surface area contributed by atoms with Crippen molar-refractivity contribution in [2.75, 3.05) is 0 Å². The van der Waals surface area contributed by atoms with Crippen LogP contribution in [-0.2, 0) is 6.54 Å². The van der Waals surface area contributed by atoms with Crippen molar-refractivity contribution < 1.29 is 4.92 Å². The first-order chi connectivity index (χ1) is 13.0. The van der Waals surface area contributed by atoms with Gasteiger partial charge in [-0.1, -0.05) is 42.5 Å². The van der Waals surface area contributed by atoms with Crippen LogP contribution >= 0.6 is 0 Å². The zero-order chi connectivity index (χ0) is 19.4. The van der Waals surface area contributed by atoms with Gasteiger partial charge < -0.3 is 4.57 Å². The minimum absolute atomic E-state index is 0.0248. The fourth-order valence-corrected chi connectivity index (χ4v) is 3.11. The van der Waals surface area contributed by atoms with E-state index in [1.807, 2.05) is 38.1 Å². The van der Waals surface area contributed by atoms with Gasteiger partial charge in [0.05, 0.1) is 16.6 Å². The summed E-state index contributed by atoms with van der Waals surface area (Å²) in [7, 11) is 0. The van der Waals surface area contributed by atoms with Crippen molar-refractivity contribution in [1.29, 1.82) is 5.26 Å². The van der Waals surface area contributed by atoms with Crippen molar-refractivity contribution in [1.82, 2.24) is 4.57 Å². The minimum Gasteiger partial charge on any atom is -0.344 e. The molecule has 2 aromatic carbocycles. The fourth-order valence-electron chi connectivity index (χ4n) is 3.11. The van der Waals surface area contributed by atoms with Crippen LogP contribution < -0.4 is 0 Å². The third-order valence-electron chi connectivity index (χ3n) is 4.58. The average molecular weight is 357 g/mol. The van der Waals surface area contributed by atoms with Crippen LogP contribution in [0.5, 0.6) is 0 Å². The van der Waals surface area contributed by atoms with Gasteiger partial charge in [0.2, 0.25) is 0 Å². The molecule has 0 bridgehead atoms. The summed E-state index contributed by atoms with van der Waals surface area (Å²) >= 11 is 0. The van der Waals surface area contributed by atoms with E-state index in [1.54, 1.807) is 18.2 Å². The number of aryl methyl sites for hydroxylation is 1. The Balaban J connectivity index is 1.98. The highest BCUT2D eigenvalue weighted by Gasteiger charge is 2.12. The first-order valence-corrected chi connectivity index (χ1v) is 8.57. The van der Waals surface area contributed by atoms with E-state index in [0.717, 1.165) is 23.5 Å². The molecule has 3 aromatic rings. The summed E-state index contributed by atoms with van der Waals surface area (Å²) in [6.07, 6.45) is 1.79. The quantitative estimate of drug-likeness (QED) is 0.361. The Labute approximate surface area is 158 Å². The molecule has 0 aliphatic heterocycles. The first kappa shape index (κ1) is 18.2. The second kappa shape index (κ2) is 7.71. The van der Waals surface area contributed by atoms with Crippen LogP contribution in [0.3, 0.4) is 0 Å². The van der Waals surface area contributed by atoms with Gasteiger partial charge in [0, 0.05) is 30.1 Å². The molecule has 1 heterocycles. The monoisotopic (exact) mass is 357 g/mol. The maximum absolute atomic E-state index is 11.0. The Morgan fingerprint density at radius 3 is 2.56 bits per heavy atom. The van der Waals surface area contributed by atoms with Gasteiger partial charge in [-0.2, -0.15) is 5.26 Å². The predicted molar refractivity (Wildman–Crippen MR) is 106 cm³/mol. The van der Waals surface area contributed by atoms with Crippen LogP contribution in [0, 0.1) is 35.3 Å². The molecule has 1 aromatic heterocycles. The Hall–Kier alpha value is -3.65. The van der Waals surface area contributed by atoms with E-state index < -0.39 is 4.92 Å². The number of rotatable bonds is 5. The smallest absolute Gasteiger partial charge is 0.270 e. The third-order valence-corrected chi connectivity index (χ3v) is 4.58. The molecule has 0 unspecified atom stereocenters. The van der Waals surface area contributed by atoms with E-state index in [1.165, 1.54) is 17.7 Å². The molecule has 5 nitrogen and oxygen atoms in total. The zero-order valence-corrected chi connectivity index (χ0v) is 15.2. The van der Waals surface area contributed by atoms with Crippen molar-refractivity contribution in [3.05, 3.63) is 98.9 Å². The van der Waals surface area contributed by atoms with Crippen LogP contribution in [0.25, 0.3) is 11.6 Å². The van der Waals surface area contributed by atoms with Gasteiger partial charge in [-0.25, -0.2) is 0 Å². The van der Waals surface area contributed by atoms with E-state index in [9.17, 15) is 15.4 Å². The van der Waals surface area contributed by atoms with Crippen LogP contribution in [0.15, 0.2) is 60.7 Å². The number of nitro groups is 1. The molecule has 134 valence electrons. The van der Waals surface area contributed by atoms with E-state index in [0.29, 0.717) is 11.1 Å². The molecule has 0 saturated heterocycles. The third kappa shape index (κ3) is 3.96. The first-order valence-electron chi connectivity index (χ1n) is 8.57. The molecule has 0 saturated carbocycles. The molecule has 0 N–H and O–H groups in total. The van der Waals surface area contributed by atoms with Crippen molar-refractivity contribution in [3.63, 3.8) is 0 Å². The summed E-state index contributed by atoms with van der Waals surface area (Å²) < 4.78 is 2.20. The molecule has 0 amide bonds. The molecule has 0 aliphatic carbocycles. The topological polar surface area (TPSA) is 71.9 Å². The number of hydrogen-bond acceptors (Lipinski definition) is 3. The van der Waals surface area contributed by atoms with Crippen LogP contribution in [0.4, 0.5) is 5.69 Å². The highest BCUT2D eigenvalue weighted by Crippen LogP contribution is 2.25. The molecular formula is C22H19N3O2. The van der Waals surface area contributed by atoms with Gasteiger partial charge in [0.15, 0.2) is 0 Å². The van der Waals surface area contributed by atoms with Crippen molar-refractivity contribution in [3.8, 4) is 6.07 Å². The highest BCUT2D eigenvalue weighted by molar-refractivity contribution is 5.90. The summed E-state index contributed by atoms with van der Waals surface area (Å²) in [4.78, 5) is 10.5. The minimum atomic E-state index is -0.454. The molecule has 3 rings (SSSR count). The van der Waals surface area contributed by atoms with Crippen LogP contribution in [-0.4, -0.2) is 9.49 Å². The molecule has 27 heavy (non-hydrogen) atoms. The Kier molecular flexibility index (Phi) is 5.18. The Morgan fingerprint density at radius 1 is 1.15 bits per heavy atom. The summed E-state index contributed by atoms with van der Waals surface area (Å²) in [5, 5.41) is 20.6. The number of allylic oxidation sites excluding steroid dienone is 1. The second-order valence-corrected chi connectivity index (χ2v) is 6.38. The van der Waals surface area contributed by atoms with Gasteiger partial charge in [-0.3, -0.25) is 10.1 Å².